The van der Waals surface area contributed by atoms with Gasteiger partial charge < -0.3 is 13.3 Å². The molecule has 3 fully saturated rings. The van der Waals surface area contributed by atoms with Crippen LogP contribution in [0.15, 0.2) is 0 Å². The van der Waals surface area contributed by atoms with E-state index in [0.29, 0.717) is 17.6 Å². The molecule has 6 heteroatoms. The molecule has 0 bridgehead atoms. The van der Waals surface area contributed by atoms with Crippen molar-refractivity contribution < 1.29 is 13.3 Å². The lowest BCUT2D eigenvalue weighted by Crippen LogP contribution is -2.56. The fourth-order valence-electron chi connectivity index (χ4n) is 9.98. The molecule has 9 unspecified atom stereocenters. The van der Waals surface area contributed by atoms with Gasteiger partial charge in [0, 0.05) is 12.7 Å². The fraction of sp³-hybridized carbons (Fsp3) is 1.00. The van der Waals surface area contributed by atoms with Crippen molar-refractivity contribution in [1.82, 2.24) is 0 Å². The molecule has 0 saturated heterocycles. The highest BCUT2D eigenvalue weighted by Gasteiger charge is 2.59. The molecule has 42 heavy (non-hydrogen) atoms. The van der Waals surface area contributed by atoms with E-state index in [-0.39, 0.29) is 5.41 Å². The zero-order valence-corrected chi connectivity index (χ0v) is 33.7. The average Bonchev–Trinajstić information content (AvgIpc) is 3.19. The van der Waals surface area contributed by atoms with E-state index < -0.39 is 25.0 Å². The van der Waals surface area contributed by atoms with Crippen LogP contribution >= 0.6 is 0 Å². The number of unbranched alkanes of at least 4 members (excludes halogenated alkanes) is 3. The number of hydrogen-bond acceptors (Lipinski definition) is 3. The van der Waals surface area contributed by atoms with Crippen LogP contribution < -0.4 is 0 Å². The monoisotopic (exact) mass is 638 g/mol. The normalized spacial score (nSPS) is 37.1. The first-order chi connectivity index (χ1) is 19.3. The van der Waals surface area contributed by atoms with Gasteiger partial charge in [0.25, 0.3) is 0 Å². The van der Waals surface area contributed by atoms with E-state index in [0.717, 1.165) is 42.6 Å². The molecule has 0 aromatic carbocycles. The van der Waals surface area contributed by atoms with Gasteiger partial charge in [-0.15, -0.1) is 0 Å². The van der Waals surface area contributed by atoms with Gasteiger partial charge in [0.15, 0.2) is 25.0 Å². The highest BCUT2D eigenvalue weighted by molar-refractivity contribution is 6.70. The van der Waals surface area contributed by atoms with Crippen molar-refractivity contribution in [3.8, 4) is 0 Å². The summed E-state index contributed by atoms with van der Waals surface area (Å²) >= 11 is 0. The molecule has 0 N–H and O–H groups in total. The Hall–Kier alpha value is 0.531. The van der Waals surface area contributed by atoms with Crippen LogP contribution in [0.4, 0.5) is 0 Å². The molecule has 3 rings (SSSR count). The minimum Gasteiger partial charge on any atom is -0.418 e. The lowest BCUT2D eigenvalue weighted by molar-refractivity contribution is -0.123. The lowest BCUT2D eigenvalue weighted by Gasteiger charge is -2.58. The molecule has 3 aliphatic carbocycles. The Kier molecular flexibility index (Phi) is 12.8. The molecule has 3 aliphatic rings. The van der Waals surface area contributed by atoms with Gasteiger partial charge in [-0.3, -0.25) is 0 Å². The first-order valence-corrected chi connectivity index (χ1v) is 28.5. The summed E-state index contributed by atoms with van der Waals surface area (Å²) in [6.07, 6.45) is 18.2. The minimum absolute atomic E-state index is 0.231. The van der Waals surface area contributed by atoms with E-state index >= 15 is 0 Å². The summed E-state index contributed by atoms with van der Waals surface area (Å²) < 4.78 is 20.6. The summed E-state index contributed by atoms with van der Waals surface area (Å²) in [7, 11) is -4.83. The van der Waals surface area contributed by atoms with Crippen molar-refractivity contribution in [1.29, 1.82) is 0 Å². The van der Waals surface area contributed by atoms with Gasteiger partial charge in [-0.25, -0.2) is 0 Å². The number of hydrogen-bond donors (Lipinski definition) is 0. The Bertz CT molecular complexity index is 830. The third-order valence-electron chi connectivity index (χ3n) is 11.8. The Morgan fingerprint density at radius 2 is 1.33 bits per heavy atom. The van der Waals surface area contributed by atoms with E-state index in [9.17, 15) is 0 Å². The summed E-state index contributed by atoms with van der Waals surface area (Å²) in [6, 6.07) is 0. The van der Waals surface area contributed by atoms with E-state index in [1.807, 2.05) is 0 Å². The predicted octanol–water partition coefficient (Wildman–Crippen LogP) is 11.5. The van der Waals surface area contributed by atoms with Crippen molar-refractivity contribution in [2.24, 2.45) is 40.4 Å². The van der Waals surface area contributed by atoms with Crippen molar-refractivity contribution >= 4 is 25.0 Å². The van der Waals surface area contributed by atoms with Gasteiger partial charge in [0.2, 0.25) is 0 Å². The molecule has 9 atom stereocenters. The molecule has 0 aliphatic heterocycles. The van der Waals surface area contributed by atoms with Gasteiger partial charge >= 0.3 is 0 Å². The highest BCUT2D eigenvalue weighted by atomic mass is 28.4. The molecule has 248 valence electrons. The number of rotatable bonds is 15. The molecular formula is C36H74O3Si3. The summed E-state index contributed by atoms with van der Waals surface area (Å²) in [5, 5.41) is 0. The molecule has 3 nitrogen and oxygen atoms in total. The molecule has 0 amide bonds. The van der Waals surface area contributed by atoms with Crippen molar-refractivity contribution in [3.63, 3.8) is 0 Å². The second-order valence-corrected chi connectivity index (χ2v) is 32.0. The maximum atomic E-state index is 7.21. The van der Waals surface area contributed by atoms with Crippen LogP contribution in [0.5, 0.6) is 0 Å². The van der Waals surface area contributed by atoms with E-state index in [1.54, 1.807) is 0 Å². The van der Waals surface area contributed by atoms with Gasteiger partial charge in [-0.2, -0.15) is 0 Å². The summed E-state index contributed by atoms with van der Waals surface area (Å²) in [5.74, 6) is 4.08. The van der Waals surface area contributed by atoms with Gasteiger partial charge in [0.1, 0.15) is 0 Å². The van der Waals surface area contributed by atoms with E-state index in [2.05, 4.69) is 86.6 Å². The Labute approximate surface area is 266 Å². The van der Waals surface area contributed by atoms with E-state index in [4.69, 9.17) is 13.3 Å². The zero-order chi connectivity index (χ0) is 31.6. The average molecular weight is 639 g/mol. The van der Waals surface area contributed by atoms with Crippen molar-refractivity contribution in [3.05, 3.63) is 0 Å². The van der Waals surface area contributed by atoms with E-state index in [1.165, 1.54) is 77.0 Å². The molecule has 0 spiro atoms. The van der Waals surface area contributed by atoms with Gasteiger partial charge in [-0.05, 0) is 151 Å². The van der Waals surface area contributed by atoms with Crippen LogP contribution in [-0.4, -0.2) is 43.8 Å². The first-order valence-electron chi connectivity index (χ1n) is 18.3. The van der Waals surface area contributed by atoms with Crippen LogP contribution in [0.1, 0.15) is 111 Å². The third kappa shape index (κ3) is 9.77. The van der Waals surface area contributed by atoms with Crippen molar-refractivity contribution in [2.45, 2.75) is 182 Å². The Morgan fingerprint density at radius 3 is 1.93 bits per heavy atom. The molecular weight excluding hydrogens is 565 g/mol. The standard InChI is InChI=1S/C36H74O3Si3/c1-14-15-16-17-18-28(2)31-19-20-32-30(23-26-37-40(5,6)7)33(22-25-35(31,32)3)36(4)24-21-29(38-41(8,9)10)27-34(36)39-42(11,12)13/h28-34H,14-27H2,1-13H3. The topological polar surface area (TPSA) is 27.7 Å². The molecule has 0 aromatic rings. The second kappa shape index (κ2) is 14.5. The minimum atomic E-state index is -1.71. The maximum absolute atomic E-state index is 7.21. The summed E-state index contributed by atoms with van der Waals surface area (Å²) in [4.78, 5) is 0. The first kappa shape index (κ1) is 37.0. The predicted molar refractivity (Wildman–Crippen MR) is 191 cm³/mol. The summed E-state index contributed by atoms with van der Waals surface area (Å²) in [5.41, 5.74) is 0.725. The Morgan fingerprint density at radius 1 is 0.714 bits per heavy atom. The van der Waals surface area contributed by atoms with Crippen LogP contribution in [0.25, 0.3) is 0 Å². The van der Waals surface area contributed by atoms with Crippen molar-refractivity contribution in [2.75, 3.05) is 6.61 Å². The molecule has 0 radical (unpaired) electrons. The van der Waals surface area contributed by atoms with Crippen LogP contribution in [0, 0.1) is 40.4 Å². The highest BCUT2D eigenvalue weighted by Crippen LogP contribution is 2.65. The smallest absolute Gasteiger partial charge is 0.184 e. The molecule has 0 aromatic heterocycles. The SMILES string of the molecule is CCCCCCC(C)C1CCC2C(CCO[Si](C)(C)C)C(C3(C)CCC(O[Si](C)(C)C)CC3O[Si](C)(C)C)CCC12C. The quantitative estimate of drug-likeness (QED) is 0.132. The fourth-order valence-corrected chi connectivity index (χ4v) is 13.1. The third-order valence-corrected chi connectivity index (χ3v) is 14.9. The van der Waals surface area contributed by atoms with Crippen LogP contribution in [0.2, 0.25) is 58.9 Å². The molecule has 0 heterocycles. The zero-order valence-electron chi connectivity index (χ0n) is 30.7. The largest absolute Gasteiger partial charge is 0.418 e. The second-order valence-electron chi connectivity index (χ2n) is 18.5. The van der Waals surface area contributed by atoms with Gasteiger partial charge in [0.05, 0.1) is 6.10 Å². The van der Waals surface area contributed by atoms with Crippen LogP contribution in [0.3, 0.4) is 0 Å². The summed E-state index contributed by atoms with van der Waals surface area (Å²) in [6.45, 7) is 32.6. The maximum Gasteiger partial charge on any atom is 0.184 e. The molecule has 3 saturated carbocycles. The van der Waals surface area contributed by atoms with Crippen LogP contribution in [-0.2, 0) is 13.3 Å². The number of fused-ring (bicyclic) bond motifs is 1. The Balaban J connectivity index is 1.89. The van der Waals surface area contributed by atoms with Gasteiger partial charge in [-0.1, -0.05) is 59.8 Å². The lowest BCUT2D eigenvalue weighted by atomic mass is 9.49.